The molecule has 110 valence electrons. The number of amides is 1. The van der Waals surface area contributed by atoms with Gasteiger partial charge in [0.1, 0.15) is 0 Å². The Morgan fingerprint density at radius 3 is 2.85 bits per heavy atom. The van der Waals surface area contributed by atoms with Crippen molar-refractivity contribution in [3.05, 3.63) is 29.3 Å². The standard InChI is InChI=1S/C16H24N2O2/c1-12-7-8-13(17)11-15(12)16(19)18-9-10-20-14-5-3-2-4-6-14/h7-8,11,14H,2-6,9-10,17H2,1H3,(H,18,19). The summed E-state index contributed by atoms with van der Waals surface area (Å²) >= 11 is 0. The number of ether oxygens (including phenoxy) is 1. The highest BCUT2D eigenvalue weighted by Crippen LogP contribution is 2.19. The van der Waals surface area contributed by atoms with Crippen molar-refractivity contribution in [2.24, 2.45) is 0 Å². The molecule has 20 heavy (non-hydrogen) atoms. The van der Waals surface area contributed by atoms with E-state index < -0.39 is 0 Å². The summed E-state index contributed by atoms with van der Waals surface area (Å²) < 4.78 is 5.78. The minimum atomic E-state index is -0.0814. The van der Waals surface area contributed by atoms with Crippen molar-refractivity contribution in [1.82, 2.24) is 5.32 Å². The Morgan fingerprint density at radius 2 is 2.10 bits per heavy atom. The molecule has 1 saturated carbocycles. The second-order valence-corrected chi connectivity index (χ2v) is 5.46. The number of hydrogen-bond donors (Lipinski definition) is 2. The van der Waals surface area contributed by atoms with E-state index in [4.69, 9.17) is 10.5 Å². The second-order valence-electron chi connectivity index (χ2n) is 5.46. The summed E-state index contributed by atoms with van der Waals surface area (Å²) in [7, 11) is 0. The summed E-state index contributed by atoms with van der Waals surface area (Å²) in [5, 5.41) is 2.89. The zero-order chi connectivity index (χ0) is 14.4. The maximum atomic E-state index is 12.0. The van der Waals surface area contributed by atoms with E-state index in [0.717, 1.165) is 18.4 Å². The van der Waals surface area contributed by atoms with E-state index in [1.54, 1.807) is 12.1 Å². The zero-order valence-corrected chi connectivity index (χ0v) is 12.2. The quantitative estimate of drug-likeness (QED) is 0.642. The van der Waals surface area contributed by atoms with Gasteiger partial charge < -0.3 is 15.8 Å². The average molecular weight is 276 g/mol. The van der Waals surface area contributed by atoms with Crippen molar-refractivity contribution in [1.29, 1.82) is 0 Å². The van der Waals surface area contributed by atoms with Gasteiger partial charge in [0, 0.05) is 17.8 Å². The largest absolute Gasteiger partial charge is 0.399 e. The van der Waals surface area contributed by atoms with Crippen LogP contribution < -0.4 is 11.1 Å². The lowest BCUT2D eigenvalue weighted by Crippen LogP contribution is -2.29. The number of benzene rings is 1. The van der Waals surface area contributed by atoms with Crippen LogP contribution in [0.1, 0.15) is 48.0 Å². The smallest absolute Gasteiger partial charge is 0.251 e. The van der Waals surface area contributed by atoms with Crippen LogP contribution in [0.25, 0.3) is 0 Å². The Balaban J connectivity index is 1.73. The first kappa shape index (κ1) is 14.9. The molecule has 4 heteroatoms. The van der Waals surface area contributed by atoms with Gasteiger partial charge in [-0.2, -0.15) is 0 Å². The van der Waals surface area contributed by atoms with Crippen molar-refractivity contribution >= 4 is 11.6 Å². The highest BCUT2D eigenvalue weighted by atomic mass is 16.5. The molecule has 0 radical (unpaired) electrons. The van der Waals surface area contributed by atoms with Crippen LogP contribution in [-0.4, -0.2) is 25.2 Å². The van der Waals surface area contributed by atoms with E-state index in [-0.39, 0.29) is 5.91 Å². The molecule has 3 N–H and O–H groups in total. The molecular formula is C16H24N2O2. The molecule has 0 unspecified atom stereocenters. The van der Waals surface area contributed by atoms with Crippen LogP contribution in [0, 0.1) is 6.92 Å². The van der Waals surface area contributed by atoms with Gasteiger partial charge in [-0.1, -0.05) is 25.3 Å². The fourth-order valence-corrected chi connectivity index (χ4v) is 2.60. The third-order valence-corrected chi connectivity index (χ3v) is 3.80. The molecule has 0 saturated heterocycles. The summed E-state index contributed by atoms with van der Waals surface area (Å²) in [4.78, 5) is 12.0. The average Bonchev–Trinajstić information content (AvgIpc) is 2.47. The lowest BCUT2D eigenvalue weighted by atomic mass is 9.98. The van der Waals surface area contributed by atoms with Crippen molar-refractivity contribution in [3.63, 3.8) is 0 Å². The van der Waals surface area contributed by atoms with Gasteiger partial charge in [0.15, 0.2) is 0 Å². The number of nitrogens with one attached hydrogen (secondary N) is 1. The third-order valence-electron chi connectivity index (χ3n) is 3.80. The summed E-state index contributed by atoms with van der Waals surface area (Å²) in [6.07, 6.45) is 6.55. The first-order valence-corrected chi connectivity index (χ1v) is 7.43. The number of hydrogen-bond acceptors (Lipinski definition) is 3. The summed E-state index contributed by atoms with van der Waals surface area (Å²) in [6, 6.07) is 5.38. The molecule has 4 nitrogen and oxygen atoms in total. The van der Waals surface area contributed by atoms with E-state index in [1.165, 1.54) is 19.3 Å². The minimum absolute atomic E-state index is 0.0814. The monoisotopic (exact) mass is 276 g/mol. The van der Waals surface area contributed by atoms with E-state index >= 15 is 0 Å². The van der Waals surface area contributed by atoms with Gasteiger partial charge in [0.05, 0.1) is 12.7 Å². The highest BCUT2D eigenvalue weighted by Gasteiger charge is 2.14. The number of aryl methyl sites for hydroxylation is 1. The molecule has 1 aliphatic rings. The van der Waals surface area contributed by atoms with Gasteiger partial charge in [0.2, 0.25) is 0 Å². The van der Waals surface area contributed by atoms with Gasteiger partial charge in [-0.05, 0) is 37.5 Å². The van der Waals surface area contributed by atoms with Crippen LogP contribution in [0.4, 0.5) is 5.69 Å². The lowest BCUT2D eigenvalue weighted by Gasteiger charge is -2.22. The molecule has 1 amide bonds. The first-order valence-electron chi connectivity index (χ1n) is 7.43. The van der Waals surface area contributed by atoms with Crippen molar-refractivity contribution in [2.45, 2.75) is 45.1 Å². The second kappa shape index (κ2) is 7.29. The molecule has 2 rings (SSSR count). The molecule has 1 aliphatic carbocycles. The van der Waals surface area contributed by atoms with Gasteiger partial charge in [0.25, 0.3) is 5.91 Å². The third kappa shape index (κ3) is 4.23. The fourth-order valence-electron chi connectivity index (χ4n) is 2.60. The van der Waals surface area contributed by atoms with E-state index in [9.17, 15) is 4.79 Å². The molecule has 0 aliphatic heterocycles. The molecule has 1 fully saturated rings. The van der Waals surface area contributed by atoms with Gasteiger partial charge >= 0.3 is 0 Å². The molecule has 1 aromatic rings. The molecular weight excluding hydrogens is 252 g/mol. The van der Waals surface area contributed by atoms with Crippen molar-refractivity contribution in [2.75, 3.05) is 18.9 Å². The zero-order valence-electron chi connectivity index (χ0n) is 12.2. The predicted molar refractivity (Wildman–Crippen MR) is 80.7 cm³/mol. The van der Waals surface area contributed by atoms with E-state index in [1.807, 2.05) is 13.0 Å². The van der Waals surface area contributed by atoms with Gasteiger partial charge in [-0.25, -0.2) is 0 Å². The molecule has 0 bridgehead atoms. The fraction of sp³-hybridized carbons (Fsp3) is 0.562. The van der Waals surface area contributed by atoms with E-state index in [2.05, 4.69) is 5.32 Å². The van der Waals surface area contributed by atoms with Gasteiger partial charge in [-0.3, -0.25) is 4.79 Å². The molecule has 0 atom stereocenters. The maximum absolute atomic E-state index is 12.0. The van der Waals surface area contributed by atoms with Crippen LogP contribution >= 0.6 is 0 Å². The summed E-state index contributed by atoms with van der Waals surface area (Å²) in [5.74, 6) is -0.0814. The minimum Gasteiger partial charge on any atom is -0.399 e. The Kier molecular flexibility index (Phi) is 5.41. The predicted octanol–water partition coefficient (Wildman–Crippen LogP) is 2.66. The van der Waals surface area contributed by atoms with Crippen LogP contribution in [0.15, 0.2) is 18.2 Å². The number of carbonyl (C=O) groups excluding carboxylic acids is 1. The number of rotatable bonds is 5. The Morgan fingerprint density at radius 1 is 1.35 bits per heavy atom. The van der Waals surface area contributed by atoms with E-state index in [0.29, 0.717) is 30.5 Å². The highest BCUT2D eigenvalue weighted by molar-refractivity contribution is 5.96. The van der Waals surface area contributed by atoms with Crippen LogP contribution in [-0.2, 0) is 4.74 Å². The topological polar surface area (TPSA) is 64.4 Å². The summed E-state index contributed by atoms with van der Waals surface area (Å²) in [6.45, 7) is 3.04. The normalized spacial score (nSPS) is 16.1. The molecule has 0 aromatic heterocycles. The molecule has 0 spiro atoms. The molecule has 1 aromatic carbocycles. The van der Waals surface area contributed by atoms with Crippen LogP contribution in [0.3, 0.4) is 0 Å². The van der Waals surface area contributed by atoms with Crippen molar-refractivity contribution in [3.8, 4) is 0 Å². The van der Waals surface area contributed by atoms with Crippen molar-refractivity contribution < 1.29 is 9.53 Å². The first-order chi connectivity index (χ1) is 9.66. The van der Waals surface area contributed by atoms with Gasteiger partial charge in [-0.15, -0.1) is 0 Å². The lowest BCUT2D eigenvalue weighted by molar-refractivity contribution is 0.0299. The number of nitrogens with two attached hydrogens (primary N) is 1. The van der Waals surface area contributed by atoms with Crippen LogP contribution in [0.2, 0.25) is 0 Å². The van der Waals surface area contributed by atoms with Crippen LogP contribution in [0.5, 0.6) is 0 Å². The maximum Gasteiger partial charge on any atom is 0.251 e. The number of nitrogen functional groups attached to an aromatic ring is 1. The number of carbonyl (C=O) groups is 1. The Hall–Kier alpha value is -1.55. The molecule has 0 heterocycles. The Bertz CT molecular complexity index is 454. The number of anilines is 1. The SMILES string of the molecule is Cc1ccc(N)cc1C(=O)NCCOC1CCCCC1. The Labute approximate surface area is 120 Å². The summed E-state index contributed by atoms with van der Waals surface area (Å²) in [5.41, 5.74) is 7.90.